The first-order chi connectivity index (χ1) is 9.19. The van der Waals surface area contributed by atoms with Gasteiger partial charge in [0.2, 0.25) is 5.91 Å². The molecule has 0 radical (unpaired) electrons. The summed E-state index contributed by atoms with van der Waals surface area (Å²) in [4.78, 5) is 18.3. The molecule has 1 fully saturated rings. The number of aromatic nitrogens is 1. The van der Waals surface area contributed by atoms with E-state index in [0.717, 1.165) is 43.1 Å². The number of carbonyl (C=O) groups excluding carboxylic acids is 1. The Morgan fingerprint density at radius 1 is 1.68 bits per heavy atom. The number of nitrogens with zero attached hydrogens (tertiary/aromatic N) is 2. The van der Waals surface area contributed by atoms with Gasteiger partial charge in [-0.1, -0.05) is 0 Å². The van der Waals surface area contributed by atoms with E-state index in [4.69, 9.17) is 5.11 Å². The van der Waals surface area contributed by atoms with E-state index in [9.17, 15) is 4.79 Å². The Bertz CT molecular complexity index is 454. The van der Waals surface area contributed by atoms with Gasteiger partial charge in [-0.25, -0.2) is 4.98 Å². The van der Waals surface area contributed by atoms with Crippen LogP contribution in [-0.2, 0) is 4.79 Å². The lowest BCUT2D eigenvalue weighted by Gasteiger charge is -2.31. The maximum Gasteiger partial charge on any atom is 0.246 e. The van der Waals surface area contributed by atoms with Gasteiger partial charge in [-0.3, -0.25) is 4.79 Å². The van der Waals surface area contributed by atoms with Crippen LogP contribution >= 0.6 is 11.3 Å². The van der Waals surface area contributed by atoms with Gasteiger partial charge in [0.1, 0.15) is 0 Å². The Hall–Kier alpha value is -1.20. The molecule has 4 nitrogen and oxygen atoms in total. The molecule has 104 valence electrons. The van der Waals surface area contributed by atoms with Gasteiger partial charge in [-0.05, 0) is 38.2 Å². The summed E-state index contributed by atoms with van der Waals surface area (Å²) in [6.45, 7) is 3.75. The fraction of sp³-hybridized carbons (Fsp3) is 0.571. The first-order valence-corrected chi connectivity index (χ1v) is 7.57. The van der Waals surface area contributed by atoms with Crippen molar-refractivity contribution in [2.24, 2.45) is 5.92 Å². The predicted octanol–water partition coefficient (Wildman–Crippen LogP) is 2.09. The quantitative estimate of drug-likeness (QED) is 0.859. The highest BCUT2D eigenvalue weighted by Gasteiger charge is 2.21. The monoisotopic (exact) mass is 280 g/mol. The minimum absolute atomic E-state index is 0.0493. The van der Waals surface area contributed by atoms with Crippen molar-refractivity contribution in [3.8, 4) is 0 Å². The van der Waals surface area contributed by atoms with Crippen LogP contribution in [0.15, 0.2) is 11.5 Å². The van der Waals surface area contributed by atoms with Gasteiger partial charge in [-0.15, -0.1) is 11.3 Å². The summed E-state index contributed by atoms with van der Waals surface area (Å²) in [5, 5.41) is 11.9. The molecule has 1 atom stereocenters. The number of thiazole rings is 1. The summed E-state index contributed by atoms with van der Waals surface area (Å²) in [5.74, 6) is 0.492. The van der Waals surface area contributed by atoms with E-state index >= 15 is 0 Å². The van der Waals surface area contributed by atoms with E-state index in [1.807, 2.05) is 17.2 Å². The lowest BCUT2D eigenvalue weighted by Crippen LogP contribution is -2.39. The maximum absolute atomic E-state index is 12.1. The molecule has 2 rings (SSSR count). The summed E-state index contributed by atoms with van der Waals surface area (Å²) in [6, 6.07) is 0. The van der Waals surface area contributed by atoms with Crippen molar-refractivity contribution < 1.29 is 9.90 Å². The summed E-state index contributed by atoms with van der Waals surface area (Å²) in [6.07, 6.45) is 6.31. The van der Waals surface area contributed by atoms with Crippen molar-refractivity contribution in [3.05, 3.63) is 22.2 Å². The van der Waals surface area contributed by atoms with Gasteiger partial charge >= 0.3 is 0 Å². The molecule has 0 spiro atoms. The summed E-state index contributed by atoms with van der Waals surface area (Å²) < 4.78 is 0. The molecule has 1 aromatic rings. The van der Waals surface area contributed by atoms with E-state index in [0.29, 0.717) is 5.92 Å². The molecule has 1 aromatic heterocycles. The molecule has 0 aliphatic carbocycles. The minimum Gasteiger partial charge on any atom is -0.396 e. The van der Waals surface area contributed by atoms with Crippen molar-refractivity contribution >= 4 is 23.3 Å². The number of aryl methyl sites for hydroxylation is 1. The largest absolute Gasteiger partial charge is 0.396 e. The molecular weight excluding hydrogens is 260 g/mol. The summed E-state index contributed by atoms with van der Waals surface area (Å²) in [5.41, 5.74) is 0.847. The van der Waals surface area contributed by atoms with E-state index in [2.05, 4.69) is 4.98 Å². The van der Waals surface area contributed by atoms with Crippen LogP contribution < -0.4 is 0 Å². The number of piperidine rings is 1. The number of amides is 1. The molecule has 19 heavy (non-hydrogen) atoms. The van der Waals surface area contributed by atoms with E-state index in [1.54, 1.807) is 23.5 Å². The molecule has 1 amide bonds. The second kappa shape index (κ2) is 6.82. The second-order valence-corrected chi connectivity index (χ2v) is 5.99. The molecule has 0 aromatic carbocycles. The first kappa shape index (κ1) is 14.2. The minimum atomic E-state index is 0.0493. The van der Waals surface area contributed by atoms with Crippen LogP contribution in [0.4, 0.5) is 0 Å². The zero-order valence-corrected chi connectivity index (χ0v) is 12.0. The number of carbonyl (C=O) groups is 1. The van der Waals surface area contributed by atoms with Crippen LogP contribution in [-0.4, -0.2) is 40.6 Å². The SMILES string of the molecule is Cc1nc(C=CC(=O)N2CCCC(CCO)C2)cs1. The highest BCUT2D eigenvalue weighted by Crippen LogP contribution is 2.19. The molecule has 2 heterocycles. The number of likely N-dealkylation sites (tertiary alicyclic amines) is 1. The molecular formula is C14H20N2O2S. The Labute approximate surface area is 117 Å². The number of hydrogen-bond donors (Lipinski definition) is 1. The number of aliphatic hydroxyl groups is 1. The molecule has 0 bridgehead atoms. The van der Waals surface area contributed by atoms with Crippen molar-refractivity contribution in [2.45, 2.75) is 26.2 Å². The van der Waals surface area contributed by atoms with Crippen molar-refractivity contribution in [3.63, 3.8) is 0 Å². The molecule has 1 unspecified atom stereocenters. The lowest BCUT2D eigenvalue weighted by molar-refractivity contribution is -0.127. The predicted molar refractivity (Wildman–Crippen MR) is 76.9 cm³/mol. The number of rotatable bonds is 4. The smallest absolute Gasteiger partial charge is 0.246 e. The van der Waals surface area contributed by atoms with E-state index in [1.165, 1.54) is 0 Å². The molecule has 1 aliphatic heterocycles. The van der Waals surface area contributed by atoms with Crippen molar-refractivity contribution in [2.75, 3.05) is 19.7 Å². The van der Waals surface area contributed by atoms with E-state index < -0.39 is 0 Å². The van der Waals surface area contributed by atoms with E-state index in [-0.39, 0.29) is 12.5 Å². The fourth-order valence-electron chi connectivity index (χ4n) is 2.40. The molecule has 5 heteroatoms. The van der Waals surface area contributed by atoms with Crippen LogP contribution in [0.2, 0.25) is 0 Å². The van der Waals surface area contributed by atoms with Crippen LogP contribution in [0.3, 0.4) is 0 Å². The average molecular weight is 280 g/mol. The Morgan fingerprint density at radius 2 is 2.53 bits per heavy atom. The van der Waals surface area contributed by atoms with Crippen LogP contribution in [0.5, 0.6) is 0 Å². The van der Waals surface area contributed by atoms with Crippen molar-refractivity contribution in [1.82, 2.24) is 9.88 Å². The Morgan fingerprint density at radius 3 is 3.21 bits per heavy atom. The van der Waals surface area contributed by atoms with Gasteiger partial charge < -0.3 is 10.0 Å². The normalized spacial score (nSPS) is 20.1. The van der Waals surface area contributed by atoms with Crippen LogP contribution in [0, 0.1) is 12.8 Å². The first-order valence-electron chi connectivity index (χ1n) is 6.69. The summed E-state index contributed by atoms with van der Waals surface area (Å²) in [7, 11) is 0. The standard InChI is InChI=1S/C14H20N2O2S/c1-11-15-13(10-19-11)4-5-14(18)16-7-2-3-12(9-16)6-8-17/h4-5,10,12,17H,2-3,6-9H2,1H3. The zero-order valence-electron chi connectivity index (χ0n) is 11.2. The fourth-order valence-corrected chi connectivity index (χ4v) is 2.98. The van der Waals surface area contributed by atoms with Gasteiger partial charge in [0.25, 0.3) is 0 Å². The molecule has 1 N–H and O–H groups in total. The molecule has 0 saturated carbocycles. The molecule has 1 aliphatic rings. The third-order valence-electron chi connectivity index (χ3n) is 3.40. The van der Waals surface area contributed by atoms with Gasteiger partial charge in [0, 0.05) is 31.2 Å². The number of hydrogen-bond acceptors (Lipinski definition) is 4. The third kappa shape index (κ3) is 4.14. The third-order valence-corrected chi connectivity index (χ3v) is 4.19. The number of aliphatic hydroxyl groups excluding tert-OH is 1. The van der Waals surface area contributed by atoms with Crippen LogP contribution in [0.25, 0.3) is 6.08 Å². The van der Waals surface area contributed by atoms with Gasteiger partial charge in [-0.2, -0.15) is 0 Å². The second-order valence-electron chi connectivity index (χ2n) is 4.93. The summed E-state index contributed by atoms with van der Waals surface area (Å²) >= 11 is 1.58. The van der Waals surface area contributed by atoms with Gasteiger partial charge in [0.05, 0.1) is 10.7 Å². The lowest BCUT2D eigenvalue weighted by atomic mass is 9.95. The van der Waals surface area contributed by atoms with Crippen LogP contribution in [0.1, 0.15) is 30.0 Å². The molecule has 1 saturated heterocycles. The maximum atomic E-state index is 12.1. The topological polar surface area (TPSA) is 53.4 Å². The van der Waals surface area contributed by atoms with Crippen molar-refractivity contribution in [1.29, 1.82) is 0 Å². The Balaban J connectivity index is 1.90. The Kier molecular flexibility index (Phi) is 5.10. The highest BCUT2D eigenvalue weighted by molar-refractivity contribution is 7.09. The average Bonchev–Trinajstić information content (AvgIpc) is 2.82. The zero-order chi connectivity index (χ0) is 13.7. The van der Waals surface area contributed by atoms with Gasteiger partial charge in [0.15, 0.2) is 0 Å². The highest BCUT2D eigenvalue weighted by atomic mass is 32.1.